The summed E-state index contributed by atoms with van der Waals surface area (Å²) < 4.78 is 14.4. The van der Waals surface area contributed by atoms with Gasteiger partial charge in [0.25, 0.3) is 0 Å². The number of aliphatic hydroxyl groups excluding tert-OH is 1. The Kier molecular flexibility index (Phi) is 7.25. The fraction of sp³-hybridized carbons (Fsp3) is 0.889. The average Bonchev–Trinajstić information content (AvgIpc) is 3.14. The van der Waals surface area contributed by atoms with Gasteiger partial charge in [0.15, 0.2) is 12.1 Å². The molecule has 6 unspecified atom stereocenters. The van der Waals surface area contributed by atoms with E-state index in [0.29, 0.717) is 18.2 Å². The third-order valence-corrected chi connectivity index (χ3v) is 9.52. The van der Waals surface area contributed by atoms with E-state index in [9.17, 15) is 5.11 Å². The first-order valence-corrected chi connectivity index (χ1v) is 13.5. The van der Waals surface area contributed by atoms with Crippen LogP contribution in [0.25, 0.3) is 0 Å². The van der Waals surface area contributed by atoms with E-state index in [4.69, 9.17) is 9.47 Å². The maximum Gasteiger partial charge on any atom is 0.362 e. The van der Waals surface area contributed by atoms with Crippen LogP contribution >= 0.6 is 0 Å². The summed E-state index contributed by atoms with van der Waals surface area (Å²) in [6, 6.07) is 1.05. The molecule has 4 fully saturated rings. The van der Waals surface area contributed by atoms with Crippen molar-refractivity contribution in [3.8, 4) is 0 Å². The summed E-state index contributed by atoms with van der Waals surface area (Å²) >= 11 is 0. The van der Waals surface area contributed by atoms with E-state index in [1.807, 2.05) is 0 Å². The van der Waals surface area contributed by atoms with Crippen molar-refractivity contribution in [2.24, 2.45) is 17.8 Å². The zero-order valence-corrected chi connectivity index (χ0v) is 20.4. The molecule has 180 valence electrons. The van der Waals surface area contributed by atoms with Gasteiger partial charge in [-0.25, -0.2) is 0 Å². The second-order valence-corrected chi connectivity index (χ2v) is 11.3. The van der Waals surface area contributed by atoms with Gasteiger partial charge < -0.3 is 14.6 Å². The standard InChI is InChI=1S/C27H45N2O3/c1-19(23-10-9-22(18-25(23)30)29-12-14-31-15-13-29)16-27-28(2)24-17-21(8-11-26(24)32-27)20-6-4-3-5-7-20/h16,20-26,30H,3-15,17-18H2,1-2H3/q+1. The summed E-state index contributed by atoms with van der Waals surface area (Å²) in [6.07, 6.45) is 16.6. The second kappa shape index (κ2) is 10.1. The lowest BCUT2D eigenvalue weighted by Crippen LogP contribution is -2.48. The summed E-state index contributed by atoms with van der Waals surface area (Å²) in [6.45, 7) is 5.90. The zero-order chi connectivity index (χ0) is 22.1. The van der Waals surface area contributed by atoms with Crippen molar-refractivity contribution >= 4 is 5.90 Å². The van der Waals surface area contributed by atoms with Crippen LogP contribution in [0.4, 0.5) is 0 Å². The first-order valence-electron chi connectivity index (χ1n) is 13.5. The maximum atomic E-state index is 11.0. The SMILES string of the molecule is CC(=CC1=[N+](C)C2CC(C3CCCCC3)CCC2O1)C1CCC(N2CCOCC2)CC1O. The van der Waals surface area contributed by atoms with E-state index in [0.717, 1.165) is 56.9 Å². The molecule has 6 atom stereocenters. The monoisotopic (exact) mass is 445 g/mol. The molecule has 5 rings (SSSR count). The highest BCUT2D eigenvalue weighted by Gasteiger charge is 2.47. The molecular weight excluding hydrogens is 400 g/mol. The molecule has 2 aliphatic heterocycles. The Morgan fingerprint density at radius 3 is 2.50 bits per heavy atom. The van der Waals surface area contributed by atoms with Gasteiger partial charge in [-0.15, -0.1) is 0 Å². The lowest BCUT2D eigenvalue weighted by Gasteiger charge is -2.41. The molecule has 0 amide bonds. The topological polar surface area (TPSA) is 44.9 Å². The number of rotatable bonds is 4. The predicted molar refractivity (Wildman–Crippen MR) is 127 cm³/mol. The van der Waals surface area contributed by atoms with Gasteiger partial charge in [0.1, 0.15) is 7.05 Å². The Morgan fingerprint density at radius 1 is 0.969 bits per heavy atom. The average molecular weight is 446 g/mol. The lowest BCUT2D eigenvalue weighted by molar-refractivity contribution is -0.535. The number of nitrogens with zero attached hydrogens (tertiary/aromatic N) is 2. The molecule has 0 aromatic heterocycles. The molecule has 0 aromatic carbocycles. The van der Waals surface area contributed by atoms with Gasteiger partial charge in [-0.1, -0.05) is 37.7 Å². The third-order valence-electron chi connectivity index (χ3n) is 9.52. The van der Waals surface area contributed by atoms with Gasteiger partial charge in [-0.05, 0) is 50.9 Å². The van der Waals surface area contributed by atoms with Crippen molar-refractivity contribution < 1.29 is 19.2 Å². The van der Waals surface area contributed by atoms with E-state index in [1.54, 1.807) is 0 Å². The fourth-order valence-electron chi connectivity index (χ4n) is 7.50. The van der Waals surface area contributed by atoms with Gasteiger partial charge in [0.05, 0.1) is 19.3 Å². The smallest absolute Gasteiger partial charge is 0.362 e. The highest BCUT2D eigenvalue weighted by Crippen LogP contribution is 2.41. The van der Waals surface area contributed by atoms with E-state index in [1.165, 1.54) is 63.4 Å². The van der Waals surface area contributed by atoms with Crippen LogP contribution < -0.4 is 0 Å². The molecular formula is C27H45N2O3+. The molecule has 0 aromatic rings. The molecule has 32 heavy (non-hydrogen) atoms. The Balaban J connectivity index is 1.21. The molecule has 3 saturated carbocycles. The molecule has 5 nitrogen and oxygen atoms in total. The van der Waals surface area contributed by atoms with Gasteiger partial charge in [-0.2, -0.15) is 4.58 Å². The van der Waals surface area contributed by atoms with Gasteiger partial charge >= 0.3 is 5.90 Å². The first kappa shape index (κ1) is 22.9. The van der Waals surface area contributed by atoms with E-state index in [-0.39, 0.29) is 12.0 Å². The minimum Gasteiger partial charge on any atom is -0.434 e. The number of ether oxygens (including phenoxy) is 2. The normalized spacial score (nSPS) is 40.3. The zero-order valence-electron chi connectivity index (χ0n) is 20.4. The van der Waals surface area contributed by atoms with Crippen molar-refractivity contribution in [3.63, 3.8) is 0 Å². The third kappa shape index (κ3) is 4.81. The van der Waals surface area contributed by atoms with Crippen LogP contribution in [0.1, 0.15) is 77.6 Å². The summed E-state index contributed by atoms with van der Waals surface area (Å²) in [7, 11) is 2.23. The summed E-state index contributed by atoms with van der Waals surface area (Å²) in [5.74, 6) is 3.15. The van der Waals surface area contributed by atoms with Gasteiger partial charge in [0.2, 0.25) is 0 Å². The highest BCUT2D eigenvalue weighted by atomic mass is 16.5. The molecule has 0 radical (unpaired) electrons. The molecule has 3 aliphatic carbocycles. The largest absolute Gasteiger partial charge is 0.434 e. The summed E-state index contributed by atoms with van der Waals surface area (Å²) in [5, 5.41) is 11.0. The van der Waals surface area contributed by atoms with Gasteiger partial charge in [0, 0.05) is 37.5 Å². The first-order chi connectivity index (χ1) is 15.6. The summed E-state index contributed by atoms with van der Waals surface area (Å²) in [5.41, 5.74) is 1.29. The van der Waals surface area contributed by atoms with Crippen LogP contribution in [0.5, 0.6) is 0 Å². The van der Waals surface area contributed by atoms with Crippen LogP contribution in [0.3, 0.4) is 0 Å². The predicted octanol–water partition coefficient (Wildman–Crippen LogP) is 3.98. The van der Waals surface area contributed by atoms with E-state index in [2.05, 4.69) is 29.5 Å². The van der Waals surface area contributed by atoms with Crippen LogP contribution in [0, 0.1) is 17.8 Å². The van der Waals surface area contributed by atoms with Crippen LogP contribution in [0.15, 0.2) is 11.6 Å². The minimum absolute atomic E-state index is 0.252. The number of morpholine rings is 1. The fourth-order valence-corrected chi connectivity index (χ4v) is 7.50. The number of hydrogen-bond acceptors (Lipinski definition) is 4. The maximum absolute atomic E-state index is 11.0. The molecule has 5 heteroatoms. The summed E-state index contributed by atoms with van der Waals surface area (Å²) in [4.78, 5) is 2.53. The Bertz CT molecular complexity index is 708. The quantitative estimate of drug-likeness (QED) is 0.665. The molecule has 2 heterocycles. The minimum atomic E-state index is -0.252. The molecule has 0 spiro atoms. The van der Waals surface area contributed by atoms with E-state index >= 15 is 0 Å². The van der Waals surface area contributed by atoms with Crippen LogP contribution in [0.2, 0.25) is 0 Å². The highest BCUT2D eigenvalue weighted by molar-refractivity contribution is 5.85. The number of fused-ring (bicyclic) bond motifs is 1. The van der Waals surface area contributed by atoms with Crippen molar-refractivity contribution in [2.45, 2.75) is 102 Å². The van der Waals surface area contributed by atoms with Crippen molar-refractivity contribution in [1.82, 2.24) is 4.90 Å². The van der Waals surface area contributed by atoms with E-state index < -0.39 is 0 Å². The number of hydrogen-bond donors (Lipinski definition) is 1. The molecule has 1 N–H and O–H groups in total. The Morgan fingerprint density at radius 2 is 1.75 bits per heavy atom. The van der Waals surface area contributed by atoms with Crippen molar-refractivity contribution in [1.29, 1.82) is 0 Å². The Labute approximate surface area is 194 Å². The molecule has 1 saturated heterocycles. The van der Waals surface area contributed by atoms with Gasteiger partial charge in [-0.3, -0.25) is 4.90 Å². The van der Waals surface area contributed by atoms with Crippen LogP contribution in [-0.2, 0) is 9.47 Å². The van der Waals surface area contributed by atoms with Crippen LogP contribution in [-0.4, -0.2) is 78.1 Å². The molecule has 0 bridgehead atoms. The number of likely N-dealkylation sites (N-methyl/N-ethyl adjacent to an activating group) is 1. The second-order valence-electron chi connectivity index (χ2n) is 11.3. The molecule has 5 aliphatic rings. The van der Waals surface area contributed by atoms with Crippen molar-refractivity contribution in [3.05, 3.63) is 11.6 Å². The lowest BCUT2D eigenvalue weighted by atomic mass is 9.71. The Hall–Kier alpha value is -0.910. The van der Waals surface area contributed by atoms with Crippen molar-refractivity contribution in [2.75, 3.05) is 33.4 Å². The number of aliphatic hydroxyl groups is 1.